The van der Waals surface area contributed by atoms with Crippen LogP contribution in [0.1, 0.15) is 13.3 Å². The molecule has 0 unspecified atom stereocenters. The number of nitrogens with one attached hydrogen (secondary N) is 1. The Kier molecular flexibility index (Phi) is 7.82. The van der Waals surface area contributed by atoms with Gasteiger partial charge in [-0.2, -0.15) is 0 Å². The minimum atomic E-state index is -4.08. The molecular formula is C22H25FN4O4S. The van der Waals surface area contributed by atoms with Gasteiger partial charge in [-0.3, -0.25) is 9.10 Å². The first-order valence-electron chi connectivity index (χ1n) is 10.1. The second-order valence-corrected chi connectivity index (χ2v) is 8.76. The number of anilines is 1. The van der Waals surface area contributed by atoms with Crippen LogP contribution in [0.25, 0.3) is 0 Å². The summed E-state index contributed by atoms with van der Waals surface area (Å²) < 4.78 is 48.2. The summed E-state index contributed by atoms with van der Waals surface area (Å²) in [7, 11) is -4.08. The number of benzene rings is 2. The van der Waals surface area contributed by atoms with E-state index < -0.39 is 28.3 Å². The number of rotatable bonds is 11. The Labute approximate surface area is 186 Å². The van der Waals surface area contributed by atoms with Gasteiger partial charge in [0.25, 0.3) is 10.0 Å². The predicted octanol–water partition coefficient (Wildman–Crippen LogP) is 2.82. The number of ether oxygens (including phenoxy) is 1. The second-order valence-electron chi connectivity index (χ2n) is 6.90. The lowest BCUT2D eigenvalue weighted by molar-refractivity contribution is -0.119. The van der Waals surface area contributed by atoms with E-state index in [4.69, 9.17) is 4.74 Å². The van der Waals surface area contributed by atoms with Crippen molar-refractivity contribution in [1.29, 1.82) is 0 Å². The van der Waals surface area contributed by atoms with Crippen LogP contribution >= 0.6 is 0 Å². The fraction of sp³-hybridized carbons (Fsp3) is 0.273. The summed E-state index contributed by atoms with van der Waals surface area (Å²) in [5, 5.41) is 2.73. The standard InChI is InChI=1S/C22H25FN4O4S/c1-2-31-20-8-10-21(11-9-20)32(29,30)27(19-6-4-18(23)5-7-19)16-22(28)25-12-3-14-26-15-13-24-17-26/h4-11,13,15,17H,2-3,12,14,16H2,1H3,(H,25,28). The summed E-state index contributed by atoms with van der Waals surface area (Å²) in [5.41, 5.74) is 0.189. The van der Waals surface area contributed by atoms with Gasteiger partial charge in [-0.05, 0) is 61.9 Å². The molecule has 0 aliphatic heterocycles. The van der Waals surface area contributed by atoms with E-state index in [1.165, 1.54) is 24.3 Å². The average molecular weight is 461 g/mol. The third-order valence-electron chi connectivity index (χ3n) is 4.60. The van der Waals surface area contributed by atoms with Gasteiger partial charge in [-0.25, -0.2) is 17.8 Å². The van der Waals surface area contributed by atoms with Gasteiger partial charge >= 0.3 is 0 Å². The Hall–Kier alpha value is -3.40. The van der Waals surface area contributed by atoms with Crippen molar-refractivity contribution < 1.29 is 22.3 Å². The number of amides is 1. The molecule has 1 amide bonds. The largest absolute Gasteiger partial charge is 0.494 e. The lowest BCUT2D eigenvalue weighted by Crippen LogP contribution is -2.41. The molecule has 1 heterocycles. The van der Waals surface area contributed by atoms with E-state index >= 15 is 0 Å². The van der Waals surface area contributed by atoms with Gasteiger partial charge in [0.05, 0.1) is 23.5 Å². The molecular weight excluding hydrogens is 435 g/mol. The van der Waals surface area contributed by atoms with Crippen LogP contribution in [0.2, 0.25) is 0 Å². The maximum Gasteiger partial charge on any atom is 0.264 e. The highest BCUT2D eigenvalue weighted by atomic mass is 32.2. The molecule has 3 rings (SSSR count). The molecule has 0 fully saturated rings. The first-order chi connectivity index (χ1) is 15.4. The smallest absolute Gasteiger partial charge is 0.264 e. The molecule has 3 aromatic rings. The Bertz CT molecular complexity index is 1100. The quantitative estimate of drug-likeness (QED) is 0.444. The average Bonchev–Trinajstić information content (AvgIpc) is 3.30. The monoisotopic (exact) mass is 460 g/mol. The zero-order valence-corrected chi connectivity index (χ0v) is 18.5. The fourth-order valence-electron chi connectivity index (χ4n) is 3.02. The van der Waals surface area contributed by atoms with E-state index in [1.807, 2.05) is 17.7 Å². The predicted molar refractivity (Wildman–Crippen MR) is 118 cm³/mol. The normalized spacial score (nSPS) is 11.2. The molecule has 0 radical (unpaired) electrons. The summed E-state index contributed by atoms with van der Waals surface area (Å²) in [6, 6.07) is 10.9. The fourth-order valence-corrected chi connectivity index (χ4v) is 4.44. The highest BCUT2D eigenvalue weighted by Gasteiger charge is 2.27. The Morgan fingerprint density at radius 1 is 1.16 bits per heavy atom. The first-order valence-corrected chi connectivity index (χ1v) is 11.6. The van der Waals surface area contributed by atoms with Crippen LogP contribution in [0.5, 0.6) is 5.75 Å². The number of nitrogens with zero attached hydrogens (tertiary/aromatic N) is 3. The van der Waals surface area contributed by atoms with E-state index in [0.717, 1.165) is 16.4 Å². The van der Waals surface area contributed by atoms with Gasteiger partial charge in [0.15, 0.2) is 0 Å². The van der Waals surface area contributed by atoms with Crippen molar-refractivity contribution in [2.45, 2.75) is 24.8 Å². The molecule has 1 aromatic heterocycles. The number of carbonyl (C=O) groups is 1. The van der Waals surface area contributed by atoms with Crippen LogP contribution in [0, 0.1) is 5.82 Å². The van der Waals surface area contributed by atoms with Crippen molar-refractivity contribution in [3.8, 4) is 5.75 Å². The lowest BCUT2D eigenvalue weighted by Gasteiger charge is -2.24. The van der Waals surface area contributed by atoms with Crippen molar-refractivity contribution in [1.82, 2.24) is 14.9 Å². The van der Waals surface area contributed by atoms with E-state index in [9.17, 15) is 17.6 Å². The number of imidazole rings is 1. The number of carbonyl (C=O) groups excluding carboxylic acids is 1. The van der Waals surface area contributed by atoms with Crippen LogP contribution in [-0.2, 0) is 21.4 Å². The highest BCUT2D eigenvalue weighted by Crippen LogP contribution is 2.25. The van der Waals surface area contributed by atoms with Crippen LogP contribution in [0.15, 0.2) is 72.1 Å². The van der Waals surface area contributed by atoms with Crippen molar-refractivity contribution >= 4 is 21.6 Å². The number of hydrogen-bond acceptors (Lipinski definition) is 5. The molecule has 0 aliphatic rings. The maximum absolute atomic E-state index is 13.4. The minimum absolute atomic E-state index is 0.00168. The molecule has 0 saturated carbocycles. The molecule has 32 heavy (non-hydrogen) atoms. The number of aromatic nitrogens is 2. The number of halogens is 1. The Morgan fingerprint density at radius 2 is 1.88 bits per heavy atom. The highest BCUT2D eigenvalue weighted by molar-refractivity contribution is 7.92. The number of hydrogen-bond donors (Lipinski definition) is 1. The van der Waals surface area contributed by atoms with Crippen LogP contribution in [0.3, 0.4) is 0 Å². The minimum Gasteiger partial charge on any atom is -0.494 e. The summed E-state index contributed by atoms with van der Waals surface area (Å²) in [4.78, 5) is 16.5. The molecule has 2 aromatic carbocycles. The molecule has 1 N–H and O–H groups in total. The van der Waals surface area contributed by atoms with Crippen LogP contribution in [-0.4, -0.2) is 43.6 Å². The number of aryl methyl sites for hydroxylation is 1. The molecule has 8 nitrogen and oxygen atoms in total. The summed E-state index contributed by atoms with van der Waals surface area (Å²) >= 11 is 0. The van der Waals surface area contributed by atoms with E-state index in [1.54, 1.807) is 24.7 Å². The van der Waals surface area contributed by atoms with Crippen molar-refractivity contribution in [2.24, 2.45) is 0 Å². The molecule has 0 aliphatic carbocycles. The SMILES string of the molecule is CCOc1ccc(S(=O)(=O)N(CC(=O)NCCCn2ccnc2)c2ccc(F)cc2)cc1. The van der Waals surface area contributed by atoms with E-state index in [0.29, 0.717) is 31.9 Å². The second kappa shape index (κ2) is 10.8. The van der Waals surface area contributed by atoms with E-state index in [2.05, 4.69) is 10.3 Å². The van der Waals surface area contributed by atoms with E-state index in [-0.39, 0.29) is 10.6 Å². The summed E-state index contributed by atoms with van der Waals surface area (Å²) in [6.45, 7) is 2.89. The molecule has 0 atom stereocenters. The van der Waals surface area contributed by atoms with Crippen LogP contribution < -0.4 is 14.4 Å². The zero-order valence-electron chi connectivity index (χ0n) is 17.6. The van der Waals surface area contributed by atoms with Crippen molar-refractivity contribution in [3.63, 3.8) is 0 Å². The van der Waals surface area contributed by atoms with Crippen LogP contribution in [0.4, 0.5) is 10.1 Å². The maximum atomic E-state index is 13.4. The Balaban J connectivity index is 1.74. The number of sulfonamides is 1. The van der Waals surface area contributed by atoms with Crippen molar-refractivity contribution in [3.05, 3.63) is 73.1 Å². The zero-order chi connectivity index (χ0) is 23.0. The lowest BCUT2D eigenvalue weighted by atomic mass is 10.3. The first kappa shape index (κ1) is 23.3. The van der Waals surface area contributed by atoms with Gasteiger partial charge in [-0.1, -0.05) is 0 Å². The van der Waals surface area contributed by atoms with Crippen molar-refractivity contribution in [2.75, 3.05) is 24.0 Å². The molecule has 170 valence electrons. The molecule has 10 heteroatoms. The third-order valence-corrected chi connectivity index (χ3v) is 6.39. The molecule has 0 spiro atoms. The summed E-state index contributed by atoms with van der Waals surface area (Å²) in [5.74, 6) is -0.430. The molecule has 0 saturated heterocycles. The van der Waals surface area contributed by atoms with Gasteiger partial charge < -0.3 is 14.6 Å². The van der Waals surface area contributed by atoms with Gasteiger partial charge in [0.2, 0.25) is 5.91 Å². The third kappa shape index (κ3) is 6.07. The summed E-state index contributed by atoms with van der Waals surface area (Å²) in [6.07, 6.45) is 5.83. The Morgan fingerprint density at radius 3 is 2.50 bits per heavy atom. The van der Waals surface area contributed by atoms with Gasteiger partial charge in [-0.15, -0.1) is 0 Å². The van der Waals surface area contributed by atoms with Gasteiger partial charge in [0.1, 0.15) is 18.1 Å². The molecule has 0 bridgehead atoms. The van der Waals surface area contributed by atoms with Gasteiger partial charge in [0, 0.05) is 25.5 Å². The topological polar surface area (TPSA) is 93.5 Å².